The predicted octanol–water partition coefficient (Wildman–Crippen LogP) is 0.210. The van der Waals surface area contributed by atoms with Crippen LogP contribution in [0.25, 0.3) is 0 Å². The summed E-state index contributed by atoms with van der Waals surface area (Å²) in [5, 5.41) is 16.3. The molecule has 1 aliphatic heterocycles. The van der Waals surface area contributed by atoms with Crippen LogP contribution in [0.15, 0.2) is 17.3 Å². The van der Waals surface area contributed by atoms with E-state index in [0.29, 0.717) is 13.0 Å². The second kappa shape index (κ2) is 5.72. The molecule has 1 heterocycles. The summed E-state index contributed by atoms with van der Waals surface area (Å²) in [6.45, 7) is 3.43. The number of hydrogen-bond acceptors (Lipinski definition) is 4. The van der Waals surface area contributed by atoms with Crippen molar-refractivity contribution in [2.45, 2.75) is 26.0 Å². The second-order valence-corrected chi connectivity index (χ2v) is 3.01. The average molecular weight is 183 g/mol. The van der Waals surface area contributed by atoms with Gasteiger partial charge in [-0.3, -0.25) is 5.32 Å². The molecule has 1 atom stereocenters. The van der Waals surface area contributed by atoms with Crippen molar-refractivity contribution in [3.8, 4) is 0 Å². The number of aliphatic hydroxyl groups is 1. The lowest BCUT2D eigenvalue weighted by Crippen LogP contribution is -2.32. The fraction of sp³-hybridized carbons (Fsp3) is 0.667. The normalized spacial score (nSPS) is 18.8. The van der Waals surface area contributed by atoms with Crippen LogP contribution in [0.2, 0.25) is 0 Å². The highest BCUT2D eigenvalue weighted by Crippen LogP contribution is 1.91. The quantitative estimate of drug-likeness (QED) is 0.546. The fourth-order valence-electron chi connectivity index (χ4n) is 1.03. The summed E-state index contributed by atoms with van der Waals surface area (Å²) in [6.07, 6.45) is 5.35. The third-order valence-electron chi connectivity index (χ3n) is 1.86. The molecule has 0 aliphatic carbocycles. The molecule has 13 heavy (non-hydrogen) atoms. The van der Waals surface area contributed by atoms with Gasteiger partial charge in [-0.1, -0.05) is 13.0 Å². The molecular weight excluding hydrogens is 166 g/mol. The van der Waals surface area contributed by atoms with Crippen LogP contribution < -0.4 is 10.7 Å². The number of nitrogens with zero attached hydrogens (tertiary/aromatic N) is 1. The molecule has 0 fully saturated rings. The lowest BCUT2D eigenvalue weighted by atomic mass is 10.3. The maximum Gasteiger partial charge on any atom is 0.104 e. The van der Waals surface area contributed by atoms with Gasteiger partial charge < -0.3 is 10.5 Å². The predicted molar refractivity (Wildman–Crippen MR) is 53.5 cm³/mol. The minimum Gasteiger partial charge on any atom is -0.379 e. The second-order valence-electron chi connectivity index (χ2n) is 3.01. The molecule has 1 unspecified atom stereocenters. The summed E-state index contributed by atoms with van der Waals surface area (Å²) in [6, 6.07) is 0. The van der Waals surface area contributed by atoms with E-state index in [0.717, 1.165) is 18.7 Å². The molecular formula is C9H17N3O. The zero-order valence-electron chi connectivity index (χ0n) is 7.95. The summed E-state index contributed by atoms with van der Waals surface area (Å²) in [5.41, 5.74) is 3.88. The lowest BCUT2D eigenvalue weighted by molar-refractivity contribution is 0.139. The first-order valence-electron chi connectivity index (χ1n) is 4.70. The molecule has 1 aliphatic rings. The van der Waals surface area contributed by atoms with Crippen molar-refractivity contribution < 1.29 is 5.11 Å². The zero-order valence-corrected chi connectivity index (χ0v) is 7.95. The average Bonchev–Trinajstić information content (AvgIpc) is 2.42. The van der Waals surface area contributed by atoms with E-state index in [1.807, 2.05) is 13.0 Å². The summed E-state index contributed by atoms with van der Waals surface area (Å²) in [5.74, 6) is 0. The number of nitrogens with one attached hydrogen (secondary N) is 2. The highest BCUT2D eigenvalue weighted by molar-refractivity contribution is 5.96. The third kappa shape index (κ3) is 4.05. The number of rotatable bonds is 4. The first-order chi connectivity index (χ1) is 6.33. The van der Waals surface area contributed by atoms with E-state index < -0.39 is 6.23 Å². The SMILES string of the molecule is CCC(O)NCC1=NNCCC=C1. The maximum atomic E-state index is 9.25. The van der Waals surface area contributed by atoms with Crippen molar-refractivity contribution in [2.75, 3.05) is 13.1 Å². The molecule has 0 aromatic carbocycles. The molecule has 0 bridgehead atoms. The van der Waals surface area contributed by atoms with Gasteiger partial charge in [0.2, 0.25) is 0 Å². The minimum atomic E-state index is -0.431. The molecule has 4 heteroatoms. The molecule has 0 saturated carbocycles. The van der Waals surface area contributed by atoms with Gasteiger partial charge in [0.1, 0.15) is 6.23 Å². The maximum absolute atomic E-state index is 9.25. The van der Waals surface area contributed by atoms with Gasteiger partial charge in [0, 0.05) is 13.1 Å². The lowest BCUT2D eigenvalue weighted by Gasteiger charge is -2.09. The Hall–Kier alpha value is -0.870. The van der Waals surface area contributed by atoms with Crippen molar-refractivity contribution in [2.24, 2.45) is 5.10 Å². The largest absolute Gasteiger partial charge is 0.379 e. The highest BCUT2D eigenvalue weighted by atomic mass is 16.3. The van der Waals surface area contributed by atoms with Crippen molar-refractivity contribution in [3.63, 3.8) is 0 Å². The van der Waals surface area contributed by atoms with Crippen LogP contribution in [0.1, 0.15) is 19.8 Å². The topological polar surface area (TPSA) is 56.6 Å². The molecule has 74 valence electrons. The van der Waals surface area contributed by atoms with Crippen LogP contribution in [0.4, 0.5) is 0 Å². The fourth-order valence-corrected chi connectivity index (χ4v) is 1.03. The van der Waals surface area contributed by atoms with Gasteiger partial charge in [-0.15, -0.1) is 0 Å². The molecule has 0 spiro atoms. The van der Waals surface area contributed by atoms with Gasteiger partial charge in [0.15, 0.2) is 0 Å². The number of hydrogen-bond donors (Lipinski definition) is 3. The van der Waals surface area contributed by atoms with Crippen LogP contribution in [0.5, 0.6) is 0 Å². The molecule has 0 aromatic rings. The van der Waals surface area contributed by atoms with Crippen molar-refractivity contribution in [1.29, 1.82) is 0 Å². The highest BCUT2D eigenvalue weighted by Gasteiger charge is 2.01. The van der Waals surface area contributed by atoms with Gasteiger partial charge in [-0.05, 0) is 18.9 Å². The summed E-state index contributed by atoms with van der Waals surface area (Å²) < 4.78 is 0. The molecule has 0 amide bonds. The van der Waals surface area contributed by atoms with Gasteiger partial charge >= 0.3 is 0 Å². The summed E-state index contributed by atoms with van der Waals surface area (Å²) in [4.78, 5) is 0. The van der Waals surface area contributed by atoms with Crippen molar-refractivity contribution in [3.05, 3.63) is 12.2 Å². The van der Waals surface area contributed by atoms with Crippen LogP contribution in [0, 0.1) is 0 Å². The van der Waals surface area contributed by atoms with Crippen LogP contribution in [0.3, 0.4) is 0 Å². The first-order valence-corrected chi connectivity index (χ1v) is 4.70. The Kier molecular flexibility index (Phi) is 4.49. The smallest absolute Gasteiger partial charge is 0.104 e. The van der Waals surface area contributed by atoms with E-state index in [-0.39, 0.29) is 0 Å². The van der Waals surface area contributed by atoms with E-state index in [1.54, 1.807) is 0 Å². The Labute approximate surface area is 78.7 Å². The van der Waals surface area contributed by atoms with Crippen LogP contribution in [-0.2, 0) is 0 Å². The summed E-state index contributed by atoms with van der Waals surface area (Å²) >= 11 is 0. The third-order valence-corrected chi connectivity index (χ3v) is 1.86. The molecule has 1 rings (SSSR count). The Bertz CT molecular complexity index is 201. The molecule has 0 radical (unpaired) electrons. The minimum absolute atomic E-state index is 0.431. The monoisotopic (exact) mass is 183 g/mol. The van der Waals surface area contributed by atoms with Gasteiger partial charge in [0.05, 0.1) is 5.71 Å². The molecule has 0 saturated heterocycles. The van der Waals surface area contributed by atoms with E-state index >= 15 is 0 Å². The van der Waals surface area contributed by atoms with E-state index in [1.165, 1.54) is 0 Å². The van der Waals surface area contributed by atoms with E-state index in [2.05, 4.69) is 21.9 Å². The van der Waals surface area contributed by atoms with Gasteiger partial charge in [-0.25, -0.2) is 0 Å². The zero-order chi connectivity index (χ0) is 9.52. The van der Waals surface area contributed by atoms with Gasteiger partial charge in [0.25, 0.3) is 0 Å². The number of hydrazone groups is 1. The molecule has 3 N–H and O–H groups in total. The van der Waals surface area contributed by atoms with Crippen LogP contribution >= 0.6 is 0 Å². The molecule has 4 nitrogen and oxygen atoms in total. The first kappa shape index (κ1) is 10.2. The van der Waals surface area contributed by atoms with Crippen molar-refractivity contribution in [1.82, 2.24) is 10.7 Å². The van der Waals surface area contributed by atoms with Crippen molar-refractivity contribution >= 4 is 5.71 Å². The van der Waals surface area contributed by atoms with Crippen LogP contribution in [-0.4, -0.2) is 30.1 Å². The number of aliphatic hydroxyl groups excluding tert-OH is 1. The van der Waals surface area contributed by atoms with Gasteiger partial charge in [-0.2, -0.15) is 5.10 Å². The Morgan fingerprint density at radius 2 is 2.62 bits per heavy atom. The summed E-state index contributed by atoms with van der Waals surface area (Å²) in [7, 11) is 0. The van der Waals surface area contributed by atoms with E-state index in [9.17, 15) is 5.11 Å². The Morgan fingerprint density at radius 1 is 1.77 bits per heavy atom. The standard InChI is InChI=1S/C9H17N3O/c1-2-9(13)10-7-8-5-3-4-6-11-12-8/h3,5,9-11,13H,2,4,6-7H2,1H3. The Balaban J connectivity index is 2.30. The molecule has 0 aromatic heterocycles. The Morgan fingerprint density at radius 3 is 3.38 bits per heavy atom. The van der Waals surface area contributed by atoms with E-state index in [4.69, 9.17) is 0 Å².